The van der Waals surface area contributed by atoms with E-state index in [0.717, 1.165) is 61.4 Å². The second kappa shape index (κ2) is 14.3. The number of hydrogen-bond donors (Lipinski definition) is 0. The maximum Gasteiger partial charge on any atom is 0.143 e. The van der Waals surface area contributed by atoms with Crippen molar-refractivity contribution in [2.75, 3.05) is 4.90 Å². The van der Waals surface area contributed by atoms with Crippen molar-refractivity contribution in [2.24, 2.45) is 0 Å². The molecule has 0 saturated carbocycles. The second-order valence-electron chi connectivity index (χ2n) is 15.7. The number of benzene rings is 10. The first kappa shape index (κ1) is 34.9. The van der Waals surface area contributed by atoms with E-state index in [1.807, 2.05) is 0 Å². The minimum absolute atomic E-state index is 0.886. The number of anilines is 3. The van der Waals surface area contributed by atoms with Crippen LogP contribution in [0.1, 0.15) is 0 Å². The predicted molar refractivity (Wildman–Crippen MR) is 257 cm³/mol. The zero-order valence-electron chi connectivity index (χ0n) is 33.2. The van der Waals surface area contributed by atoms with Crippen LogP contribution in [0.4, 0.5) is 17.1 Å². The molecule has 61 heavy (non-hydrogen) atoms. The van der Waals surface area contributed by atoms with Crippen LogP contribution in [0.25, 0.3) is 93.6 Å². The number of aromatic nitrogens is 1. The molecular weight excluding hydrogens is 741 g/mol. The van der Waals surface area contributed by atoms with Crippen LogP contribution in [0.5, 0.6) is 0 Å². The maximum absolute atomic E-state index is 6.80. The summed E-state index contributed by atoms with van der Waals surface area (Å²) in [6.07, 6.45) is 0. The molecule has 0 unspecified atom stereocenters. The minimum Gasteiger partial charge on any atom is -0.455 e. The molecule has 286 valence electrons. The number of para-hydroxylation sites is 5. The molecule has 3 heteroatoms. The Kier molecular flexibility index (Phi) is 8.17. The van der Waals surface area contributed by atoms with E-state index in [4.69, 9.17) is 4.42 Å². The van der Waals surface area contributed by atoms with Gasteiger partial charge in [0, 0.05) is 49.6 Å². The lowest BCUT2D eigenvalue weighted by Crippen LogP contribution is -2.11. The van der Waals surface area contributed by atoms with E-state index < -0.39 is 0 Å². The molecule has 0 fully saturated rings. The third-order valence-electron chi connectivity index (χ3n) is 12.2. The van der Waals surface area contributed by atoms with Gasteiger partial charge in [0.15, 0.2) is 0 Å². The monoisotopic (exact) mass is 778 g/mol. The smallest absolute Gasteiger partial charge is 0.143 e. The third-order valence-corrected chi connectivity index (χ3v) is 12.2. The quantitative estimate of drug-likeness (QED) is 0.161. The highest BCUT2D eigenvalue weighted by Gasteiger charge is 2.22. The first-order valence-electron chi connectivity index (χ1n) is 20.8. The van der Waals surface area contributed by atoms with Crippen LogP contribution in [0.15, 0.2) is 235 Å². The summed E-state index contributed by atoms with van der Waals surface area (Å²) in [4.78, 5) is 2.38. The van der Waals surface area contributed by atoms with Gasteiger partial charge in [-0.1, -0.05) is 170 Å². The first-order valence-corrected chi connectivity index (χ1v) is 20.8. The van der Waals surface area contributed by atoms with Crippen molar-refractivity contribution in [3.63, 3.8) is 0 Å². The van der Waals surface area contributed by atoms with Gasteiger partial charge < -0.3 is 13.9 Å². The summed E-state index contributed by atoms with van der Waals surface area (Å²) >= 11 is 0. The van der Waals surface area contributed by atoms with Crippen molar-refractivity contribution in [1.29, 1.82) is 0 Å². The lowest BCUT2D eigenvalue weighted by molar-refractivity contribution is 0.670. The normalized spacial score (nSPS) is 11.6. The molecule has 0 aliphatic rings. The Labute approximate surface area is 353 Å². The van der Waals surface area contributed by atoms with Crippen LogP contribution in [0, 0.1) is 0 Å². The van der Waals surface area contributed by atoms with Gasteiger partial charge in [-0.15, -0.1) is 0 Å². The molecule has 12 aromatic rings. The minimum atomic E-state index is 0.886. The summed E-state index contributed by atoms with van der Waals surface area (Å²) in [7, 11) is 0. The summed E-state index contributed by atoms with van der Waals surface area (Å²) < 4.78 is 9.21. The predicted octanol–water partition coefficient (Wildman–Crippen LogP) is 16.3. The summed E-state index contributed by atoms with van der Waals surface area (Å²) in [6.45, 7) is 0. The molecule has 0 N–H and O–H groups in total. The third kappa shape index (κ3) is 5.82. The largest absolute Gasteiger partial charge is 0.455 e. The highest BCUT2D eigenvalue weighted by Crippen LogP contribution is 2.46. The van der Waals surface area contributed by atoms with Crippen molar-refractivity contribution in [3.05, 3.63) is 231 Å². The van der Waals surface area contributed by atoms with Crippen LogP contribution in [0.3, 0.4) is 0 Å². The summed E-state index contributed by atoms with van der Waals surface area (Å²) in [5.74, 6) is 0. The maximum atomic E-state index is 6.80. The van der Waals surface area contributed by atoms with Crippen molar-refractivity contribution < 1.29 is 4.42 Å². The van der Waals surface area contributed by atoms with Crippen LogP contribution >= 0.6 is 0 Å². The Balaban J connectivity index is 1.02. The fourth-order valence-electron chi connectivity index (χ4n) is 9.34. The Morgan fingerprint density at radius 2 is 0.869 bits per heavy atom. The van der Waals surface area contributed by atoms with Gasteiger partial charge in [0.2, 0.25) is 0 Å². The van der Waals surface area contributed by atoms with E-state index in [-0.39, 0.29) is 0 Å². The number of furan rings is 1. The molecule has 0 bridgehead atoms. The average Bonchev–Trinajstić information content (AvgIpc) is 3.87. The lowest BCUT2D eigenvalue weighted by atomic mass is 9.98. The molecule has 10 aromatic carbocycles. The Morgan fingerprint density at radius 3 is 1.59 bits per heavy atom. The van der Waals surface area contributed by atoms with Crippen LogP contribution < -0.4 is 4.90 Å². The molecule has 12 rings (SSSR count). The van der Waals surface area contributed by atoms with Crippen LogP contribution in [-0.2, 0) is 0 Å². The number of nitrogens with zero attached hydrogens (tertiary/aromatic N) is 2. The van der Waals surface area contributed by atoms with E-state index in [9.17, 15) is 0 Å². The molecule has 0 aliphatic carbocycles. The SMILES string of the molecule is c1ccc(-c2ccc(N(c3ccc(-c4ccccc4-n4c5ccccc5c5ccccc54)cc3)c3ccccc3-c3cccc4c3oc3cc5ccccc5cc34)cc2)cc1. The average molecular weight is 779 g/mol. The van der Waals surface area contributed by atoms with Gasteiger partial charge in [0.25, 0.3) is 0 Å². The Bertz CT molecular complexity index is 3520. The zero-order chi connectivity index (χ0) is 40.3. The molecular formula is C58H38N2O. The van der Waals surface area contributed by atoms with Crippen molar-refractivity contribution in [3.8, 4) is 39.1 Å². The number of hydrogen-bond acceptors (Lipinski definition) is 2. The van der Waals surface area contributed by atoms with E-state index in [2.05, 4.69) is 240 Å². The molecule has 0 spiro atoms. The first-order chi connectivity index (χ1) is 30.3. The molecule has 0 aliphatic heterocycles. The molecule has 0 amide bonds. The summed E-state index contributed by atoms with van der Waals surface area (Å²) in [5, 5.41) is 7.11. The van der Waals surface area contributed by atoms with E-state index in [0.29, 0.717) is 0 Å². The van der Waals surface area contributed by atoms with Crippen LogP contribution in [0.2, 0.25) is 0 Å². The fourth-order valence-corrected chi connectivity index (χ4v) is 9.34. The molecule has 2 heterocycles. The van der Waals surface area contributed by atoms with Crippen molar-refractivity contribution in [2.45, 2.75) is 0 Å². The van der Waals surface area contributed by atoms with Gasteiger partial charge in [-0.25, -0.2) is 0 Å². The van der Waals surface area contributed by atoms with Gasteiger partial charge in [0.05, 0.1) is 22.4 Å². The van der Waals surface area contributed by atoms with Gasteiger partial charge >= 0.3 is 0 Å². The van der Waals surface area contributed by atoms with Gasteiger partial charge in [-0.3, -0.25) is 0 Å². The van der Waals surface area contributed by atoms with Gasteiger partial charge in [0.1, 0.15) is 11.2 Å². The molecule has 0 radical (unpaired) electrons. The highest BCUT2D eigenvalue weighted by atomic mass is 16.3. The van der Waals surface area contributed by atoms with Crippen molar-refractivity contribution in [1.82, 2.24) is 4.57 Å². The lowest BCUT2D eigenvalue weighted by Gasteiger charge is -2.28. The molecule has 3 nitrogen and oxygen atoms in total. The Hall–Kier alpha value is -8.14. The highest BCUT2D eigenvalue weighted by molar-refractivity contribution is 6.14. The molecule has 2 aromatic heterocycles. The zero-order valence-corrected chi connectivity index (χ0v) is 33.2. The fraction of sp³-hybridized carbons (Fsp3) is 0. The number of fused-ring (bicyclic) bond motifs is 7. The molecule has 0 atom stereocenters. The number of rotatable bonds is 7. The summed E-state index contributed by atoms with van der Waals surface area (Å²) in [5.41, 5.74) is 15.3. The van der Waals surface area contributed by atoms with E-state index in [1.54, 1.807) is 0 Å². The topological polar surface area (TPSA) is 21.3 Å². The summed E-state index contributed by atoms with van der Waals surface area (Å²) in [6, 6.07) is 82.8. The van der Waals surface area contributed by atoms with E-state index in [1.165, 1.54) is 49.3 Å². The Morgan fingerprint density at radius 1 is 0.344 bits per heavy atom. The second-order valence-corrected chi connectivity index (χ2v) is 15.7. The van der Waals surface area contributed by atoms with Gasteiger partial charge in [-0.2, -0.15) is 0 Å². The standard InChI is InChI=1S/C58H38N2O/c1-2-15-39(16-3-1)40-29-33-44(34-30-40)59(54-26-11-9-22-49(54)50-23-14-24-51-52-37-42-17-4-5-18-43(42)38-57(52)61-58(50)51)45-35-31-41(32-36-45)46-19-6-10-25-53(46)60-55-27-12-7-20-47(55)48-21-8-13-28-56(48)60/h1-38H. The van der Waals surface area contributed by atoms with Crippen molar-refractivity contribution >= 4 is 71.6 Å². The van der Waals surface area contributed by atoms with E-state index >= 15 is 0 Å². The van der Waals surface area contributed by atoms with Crippen LogP contribution in [-0.4, -0.2) is 4.57 Å². The van der Waals surface area contributed by atoms with Gasteiger partial charge in [-0.05, 0) is 88.1 Å². The molecule has 0 saturated heterocycles.